The van der Waals surface area contributed by atoms with Crippen LogP contribution >= 0.6 is 0 Å². The summed E-state index contributed by atoms with van der Waals surface area (Å²) in [5.74, 6) is -0.226. The molecule has 0 aliphatic carbocycles. The highest BCUT2D eigenvalue weighted by Gasteiger charge is 2.53. The molecular weight excluding hydrogens is 376 g/mol. The van der Waals surface area contributed by atoms with Gasteiger partial charge >= 0.3 is 7.12 Å². The van der Waals surface area contributed by atoms with E-state index < -0.39 is 30.4 Å². The van der Waals surface area contributed by atoms with Crippen LogP contribution in [0.1, 0.15) is 45.2 Å². The Kier molecular flexibility index (Phi) is 5.15. The van der Waals surface area contributed by atoms with Crippen molar-refractivity contribution in [3.05, 3.63) is 47.4 Å². The number of halogens is 1. The number of rotatable bonds is 4. The van der Waals surface area contributed by atoms with Crippen LogP contribution in [-0.4, -0.2) is 36.5 Å². The topological polar surface area (TPSA) is 59.0 Å². The van der Waals surface area contributed by atoms with Crippen molar-refractivity contribution in [2.45, 2.75) is 52.1 Å². The van der Waals surface area contributed by atoms with Gasteiger partial charge in [0.2, 0.25) is 5.88 Å². The number of aromatic nitrogens is 1. The van der Waals surface area contributed by atoms with Crippen LogP contribution in [0, 0.1) is 12.7 Å². The van der Waals surface area contributed by atoms with Crippen LogP contribution < -0.4 is 10.2 Å². The Labute approximate surface area is 170 Å². The minimum Gasteiger partial charge on any atom is -0.436 e. The number of pyridine rings is 1. The number of benzene rings is 1. The van der Waals surface area contributed by atoms with Crippen LogP contribution in [0.25, 0.3) is 0 Å². The summed E-state index contributed by atoms with van der Waals surface area (Å²) in [6.07, 6.45) is -0.849. The van der Waals surface area contributed by atoms with E-state index in [9.17, 15) is 0 Å². The predicted molar refractivity (Wildman–Crippen MR) is 106 cm³/mol. The zero-order valence-electron chi connectivity index (χ0n) is 17.3. The first-order valence-electron chi connectivity index (χ1n) is 9.70. The molecule has 29 heavy (non-hydrogen) atoms. The van der Waals surface area contributed by atoms with Crippen LogP contribution in [0.2, 0.25) is 0 Å². The monoisotopic (exact) mass is 401 g/mol. The molecule has 0 bridgehead atoms. The minimum atomic E-state index is -0.849. The zero-order valence-corrected chi connectivity index (χ0v) is 17.3. The molecule has 0 amide bonds. The average molecular weight is 401 g/mol. The summed E-state index contributed by atoms with van der Waals surface area (Å²) in [6.45, 7) is 10.4. The number of aryl methyl sites for hydroxylation is 1. The number of nitrogens with zero attached hydrogens (tertiary/aromatic N) is 1. The Bertz CT molecular complexity index is 898. The Morgan fingerprint density at radius 3 is 2.31 bits per heavy atom. The number of hydrogen-bond donors (Lipinski definition) is 0. The van der Waals surface area contributed by atoms with Gasteiger partial charge in [-0.1, -0.05) is 12.1 Å². The first-order valence-corrected chi connectivity index (χ1v) is 9.70. The molecule has 3 heterocycles. The van der Waals surface area contributed by atoms with Gasteiger partial charge in [0.25, 0.3) is 0 Å². The van der Waals surface area contributed by atoms with E-state index in [4.69, 9.17) is 23.5 Å². The van der Waals surface area contributed by atoms with E-state index in [0.29, 0.717) is 24.6 Å². The summed E-state index contributed by atoms with van der Waals surface area (Å²) in [5.41, 5.74) is 0.426. The average Bonchev–Trinajstić information content (AvgIpc) is 3.23. The van der Waals surface area contributed by atoms with Gasteiger partial charge in [-0.2, -0.15) is 0 Å². The highest BCUT2D eigenvalue weighted by atomic mass is 19.1. The first kappa shape index (κ1) is 20.3. The molecule has 0 radical (unpaired) electrons. The molecule has 6 nitrogen and oxygen atoms in total. The van der Waals surface area contributed by atoms with Gasteiger partial charge in [-0.25, -0.2) is 9.37 Å². The number of hydrogen-bond acceptors (Lipinski definition) is 6. The summed E-state index contributed by atoms with van der Waals surface area (Å²) in [4.78, 5) is 4.27. The molecule has 8 heteroatoms. The van der Waals surface area contributed by atoms with E-state index in [1.807, 2.05) is 40.7 Å². The van der Waals surface area contributed by atoms with E-state index in [1.54, 1.807) is 24.3 Å². The quantitative estimate of drug-likeness (QED) is 0.729. The summed E-state index contributed by atoms with van der Waals surface area (Å²) >= 11 is 0. The van der Waals surface area contributed by atoms with E-state index >= 15 is 4.39 Å². The molecule has 1 aromatic carbocycles. The smallest absolute Gasteiger partial charge is 0.436 e. The Morgan fingerprint density at radius 2 is 1.69 bits per heavy atom. The first-order chi connectivity index (χ1) is 13.7. The Morgan fingerprint density at radius 1 is 1.03 bits per heavy atom. The fourth-order valence-electron chi connectivity index (χ4n) is 3.29. The maximum absolute atomic E-state index is 15.6. The fourth-order valence-corrected chi connectivity index (χ4v) is 3.29. The van der Waals surface area contributed by atoms with Crippen LogP contribution in [0.5, 0.6) is 11.6 Å². The molecule has 0 N–H and O–H groups in total. The summed E-state index contributed by atoms with van der Waals surface area (Å²) in [7, 11) is -0.747. The van der Waals surface area contributed by atoms with Crippen molar-refractivity contribution in [1.29, 1.82) is 0 Å². The van der Waals surface area contributed by atoms with Crippen LogP contribution in [0.3, 0.4) is 0 Å². The molecule has 0 saturated carbocycles. The third-order valence-electron chi connectivity index (χ3n) is 5.62. The van der Waals surface area contributed by atoms with Crippen LogP contribution in [0.15, 0.2) is 30.3 Å². The molecule has 0 spiro atoms. The van der Waals surface area contributed by atoms with Gasteiger partial charge in [0.15, 0.2) is 17.9 Å². The fraction of sp³-hybridized carbons (Fsp3) is 0.476. The lowest BCUT2D eigenvalue weighted by Gasteiger charge is -2.32. The third kappa shape index (κ3) is 3.77. The SMILES string of the molecule is Cc1cccc(Oc2ccc(B3OC(C)(C)C(C)(C)O3)c(C3OCCO3)c2F)n1. The van der Waals surface area contributed by atoms with Crippen molar-refractivity contribution in [3.8, 4) is 11.6 Å². The summed E-state index contributed by atoms with van der Waals surface area (Å²) in [6, 6.07) is 8.61. The lowest BCUT2D eigenvalue weighted by molar-refractivity contribution is -0.0460. The van der Waals surface area contributed by atoms with Crippen molar-refractivity contribution in [2.75, 3.05) is 13.2 Å². The lowest BCUT2D eigenvalue weighted by Crippen LogP contribution is -2.41. The molecule has 0 unspecified atom stereocenters. The molecule has 2 saturated heterocycles. The van der Waals surface area contributed by atoms with Gasteiger partial charge < -0.3 is 23.5 Å². The second kappa shape index (κ2) is 7.36. The normalized spacial score (nSPS) is 21.0. The molecule has 2 fully saturated rings. The maximum Gasteiger partial charge on any atom is 0.495 e. The third-order valence-corrected chi connectivity index (χ3v) is 5.62. The summed E-state index contributed by atoms with van der Waals surface area (Å²) in [5, 5.41) is 0. The number of ether oxygens (including phenoxy) is 3. The highest BCUT2D eigenvalue weighted by molar-refractivity contribution is 6.62. The van der Waals surface area contributed by atoms with Crippen molar-refractivity contribution < 1.29 is 27.9 Å². The molecule has 2 aliphatic heterocycles. The van der Waals surface area contributed by atoms with E-state index in [0.717, 1.165) is 5.69 Å². The Hall–Kier alpha value is -2.00. The standard InChI is InChI=1S/C21H25BFNO5/c1-13-7-6-8-16(24-13)27-15-10-9-14(17(18(15)23)19-25-11-12-26-19)22-28-20(2,3)21(4,5)29-22/h6-10,19H,11-12H2,1-5H3. The van der Waals surface area contributed by atoms with Gasteiger partial charge in [0.05, 0.1) is 24.4 Å². The maximum atomic E-state index is 15.6. The van der Waals surface area contributed by atoms with Crippen LogP contribution in [-0.2, 0) is 18.8 Å². The van der Waals surface area contributed by atoms with Crippen molar-refractivity contribution >= 4 is 12.6 Å². The van der Waals surface area contributed by atoms with E-state index in [2.05, 4.69) is 4.98 Å². The van der Waals surface area contributed by atoms with Crippen molar-refractivity contribution in [1.82, 2.24) is 4.98 Å². The second-order valence-electron chi connectivity index (χ2n) is 8.26. The molecule has 2 aliphatic rings. The molecule has 1 aromatic heterocycles. The van der Waals surface area contributed by atoms with Crippen molar-refractivity contribution in [3.63, 3.8) is 0 Å². The summed E-state index contributed by atoms with van der Waals surface area (Å²) < 4.78 is 44.8. The van der Waals surface area contributed by atoms with Crippen molar-refractivity contribution in [2.24, 2.45) is 0 Å². The Balaban J connectivity index is 1.73. The molecule has 2 aromatic rings. The zero-order chi connectivity index (χ0) is 20.8. The van der Waals surface area contributed by atoms with Crippen LogP contribution in [0.4, 0.5) is 4.39 Å². The molecule has 4 rings (SSSR count). The highest BCUT2D eigenvalue weighted by Crippen LogP contribution is 2.39. The minimum absolute atomic E-state index is 0.0393. The predicted octanol–water partition coefficient (Wildman–Crippen LogP) is 3.67. The molecule has 154 valence electrons. The molecule has 0 atom stereocenters. The van der Waals surface area contributed by atoms with Gasteiger partial charge in [0, 0.05) is 17.3 Å². The van der Waals surface area contributed by atoms with Gasteiger partial charge in [-0.3, -0.25) is 0 Å². The van der Waals surface area contributed by atoms with E-state index in [1.165, 1.54) is 0 Å². The van der Waals surface area contributed by atoms with E-state index in [-0.39, 0.29) is 11.3 Å². The molecular formula is C21H25BFNO5. The lowest BCUT2D eigenvalue weighted by atomic mass is 9.75. The van der Waals surface area contributed by atoms with Gasteiger partial charge in [-0.15, -0.1) is 0 Å². The largest absolute Gasteiger partial charge is 0.495 e. The second-order valence-corrected chi connectivity index (χ2v) is 8.26. The van der Waals surface area contributed by atoms with Gasteiger partial charge in [-0.05, 0) is 52.2 Å². The van der Waals surface area contributed by atoms with Gasteiger partial charge in [0.1, 0.15) is 0 Å².